The fourth-order valence-electron chi connectivity index (χ4n) is 3.12. The predicted octanol–water partition coefficient (Wildman–Crippen LogP) is 3.56. The van der Waals surface area contributed by atoms with Crippen LogP contribution in [0.5, 0.6) is 0 Å². The normalized spacial score (nSPS) is 17.7. The van der Waals surface area contributed by atoms with Crippen molar-refractivity contribution in [3.8, 4) is 0 Å². The van der Waals surface area contributed by atoms with Gasteiger partial charge >= 0.3 is 6.18 Å². The lowest BCUT2D eigenvalue weighted by Gasteiger charge is -2.34. The van der Waals surface area contributed by atoms with Crippen molar-refractivity contribution in [3.63, 3.8) is 0 Å². The fourth-order valence-corrected chi connectivity index (χ4v) is 3.12. The van der Waals surface area contributed by atoms with Crippen LogP contribution in [0.15, 0.2) is 30.5 Å². The minimum absolute atomic E-state index is 0.193. The molecule has 0 N–H and O–H groups in total. The zero-order valence-corrected chi connectivity index (χ0v) is 13.8. The van der Waals surface area contributed by atoms with E-state index in [2.05, 4.69) is 5.10 Å². The van der Waals surface area contributed by atoms with E-state index in [9.17, 15) is 33.4 Å². The minimum Gasteiger partial charge on any atom is -0.364 e. The second-order valence-corrected chi connectivity index (χ2v) is 6.11. The fraction of sp³-hybridized carbons (Fsp3) is 0.400. The smallest absolute Gasteiger partial charge is 0.364 e. The lowest BCUT2D eigenvalue weighted by molar-refractivity contribution is -0.393. The minimum atomic E-state index is -4.54. The number of anilines is 1. The maximum Gasteiger partial charge on any atom is 0.435 e. The van der Waals surface area contributed by atoms with Gasteiger partial charge in [-0.3, -0.25) is 24.9 Å². The van der Waals surface area contributed by atoms with Crippen molar-refractivity contribution in [2.45, 2.75) is 25.1 Å². The number of aromatic nitrogens is 2. The Morgan fingerprint density at radius 2 is 1.89 bits per heavy atom. The van der Waals surface area contributed by atoms with E-state index in [4.69, 9.17) is 0 Å². The third-order valence-electron chi connectivity index (χ3n) is 4.38. The number of alkyl halides is 3. The topological polar surface area (TPSA) is 107 Å². The Balaban J connectivity index is 1.87. The van der Waals surface area contributed by atoms with Crippen LogP contribution in [0, 0.1) is 20.2 Å². The molecule has 1 aromatic carbocycles. The summed E-state index contributed by atoms with van der Waals surface area (Å²) >= 11 is 0. The molecule has 1 unspecified atom stereocenters. The standard InChI is InChI=1S/C15H14F3N5O4/c16-15(17,18)14-5-7-21(19-14)11-2-1-6-20(9-11)12-4-3-10(22(24)25)8-13(12)23(26)27/h3-5,7-8,11H,1-2,6,9H2. The molecule has 1 saturated heterocycles. The molecule has 9 nitrogen and oxygen atoms in total. The summed E-state index contributed by atoms with van der Waals surface area (Å²) in [5.41, 5.74) is -1.62. The largest absolute Gasteiger partial charge is 0.435 e. The summed E-state index contributed by atoms with van der Waals surface area (Å²) in [5, 5.41) is 25.7. The van der Waals surface area contributed by atoms with Crippen LogP contribution in [0.1, 0.15) is 24.6 Å². The van der Waals surface area contributed by atoms with Crippen molar-refractivity contribution in [1.82, 2.24) is 9.78 Å². The molecule has 2 heterocycles. The second kappa shape index (κ2) is 6.85. The summed E-state index contributed by atoms with van der Waals surface area (Å²) in [6.07, 6.45) is -2.16. The molecule has 3 rings (SSSR count). The number of piperidine rings is 1. The van der Waals surface area contributed by atoms with Crippen LogP contribution in [-0.4, -0.2) is 32.7 Å². The van der Waals surface area contributed by atoms with Gasteiger partial charge in [0.1, 0.15) is 5.69 Å². The Hall–Kier alpha value is -3.18. The Kier molecular flexibility index (Phi) is 4.72. The first kappa shape index (κ1) is 18.6. The van der Waals surface area contributed by atoms with Crippen molar-refractivity contribution < 1.29 is 23.0 Å². The van der Waals surface area contributed by atoms with E-state index in [0.717, 1.165) is 12.1 Å². The summed E-state index contributed by atoms with van der Waals surface area (Å²) in [4.78, 5) is 22.4. The molecule has 0 aliphatic carbocycles. The number of rotatable bonds is 4. The van der Waals surface area contributed by atoms with E-state index in [1.807, 2.05) is 0 Å². The van der Waals surface area contributed by atoms with Crippen molar-refractivity contribution in [2.24, 2.45) is 0 Å². The first-order valence-corrected chi connectivity index (χ1v) is 7.97. The van der Waals surface area contributed by atoms with Crippen molar-refractivity contribution in [3.05, 3.63) is 56.4 Å². The van der Waals surface area contributed by atoms with Crippen LogP contribution in [-0.2, 0) is 6.18 Å². The first-order valence-electron chi connectivity index (χ1n) is 7.97. The molecule has 0 spiro atoms. The highest BCUT2D eigenvalue weighted by atomic mass is 19.4. The third kappa shape index (κ3) is 3.83. The second-order valence-electron chi connectivity index (χ2n) is 6.11. The van der Waals surface area contributed by atoms with Gasteiger partial charge in [0.25, 0.3) is 11.4 Å². The van der Waals surface area contributed by atoms with E-state index in [1.165, 1.54) is 23.0 Å². The van der Waals surface area contributed by atoms with Gasteiger partial charge in [0, 0.05) is 25.4 Å². The van der Waals surface area contributed by atoms with E-state index in [1.54, 1.807) is 4.90 Å². The summed E-state index contributed by atoms with van der Waals surface area (Å²) < 4.78 is 39.4. The average molecular weight is 385 g/mol. The van der Waals surface area contributed by atoms with Crippen LogP contribution in [0.3, 0.4) is 0 Å². The van der Waals surface area contributed by atoms with Crippen LogP contribution in [0.25, 0.3) is 0 Å². The number of hydrogen-bond donors (Lipinski definition) is 0. The maximum absolute atomic E-state index is 12.7. The highest BCUT2D eigenvalue weighted by molar-refractivity contribution is 5.67. The van der Waals surface area contributed by atoms with E-state index < -0.39 is 39.1 Å². The average Bonchev–Trinajstić information content (AvgIpc) is 3.12. The van der Waals surface area contributed by atoms with Gasteiger partial charge in [-0.05, 0) is 25.0 Å². The van der Waals surface area contributed by atoms with Gasteiger partial charge in [-0.2, -0.15) is 18.3 Å². The molecule has 144 valence electrons. The van der Waals surface area contributed by atoms with Crippen molar-refractivity contribution >= 4 is 17.1 Å². The summed E-state index contributed by atoms with van der Waals surface area (Å²) in [5.74, 6) is 0. The van der Waals surface area contributed by atoms with Gasteiger partial charge in [-0.25, -0.2) is 0 Å². The zero-order chi connectivity index (χ0) is 19.8. The molecule has 27 heavy (non-hydrogen) atoms. The van der Waals surface area contributed by atoms with Gasteiger partial charge in [0.15, 0.2) is 5.69 Å². The van der Waals surface area contributed by atoms with Gasteiger partial charge in [-0.15, -0.1) is 0 Å². The Morgan fingerprint density at radius 3 is 2.48 bits per heavy atom. The lowest BCUT2D eigenvalue weighted by atomic mass is 10.0. The van der Waals surface area contributed by atoms with Crippen LogP contribution >= 0.6 is 0 Å². The number of nitro groups is 2. The molecule has 2 aromatic rings. The molecule has 1 atom stereocenters. The Morgan fingerprint density at radius 1 is 1.15 bits per heavy atom. The van der Waals surface area contributed by atoms with Crippen LogP contribution in [0.2, 0.25) is 0 Å². The molecule has 0 bridgehead atoms. The van der Waals surface area contributed by atoms with E-state index in [0.29, 0.717) is 19.4 Å². The summed E-state index contributed by atoms with van der Waals surface area (Å²) in [6.45, 7) is 0.653. The number of hydrogen-bond acceptors (Lipinski definition) is 6. The molecule has 1 aliphatic rings. The van der Waals surface area contributed by atoms with Crippen molar-refractivity contribution in [1.29, 1.82) is 0 Å². The molecule has 0 saturated carbocycles. The monoisotopic (exact) mass is 385 g/mol. The van der Waals surface area contributed by atoms with E-state index >= 15 is 0 Å². The predicted molar refractivity (Wildman–Crippen MR) is 87.5 cm³/mol. The first-order chi connectivity index (χ1) is 12.7. The lowest BCUT2D eigenvalue weighted by Crippen LogP contribution is -2.37. The SMILES string of the molecule is O=[N+]([O-])c1ccc(N2CCCC(n3ccc(C(F)(F)F)n3)C2)c([N+](=O)[O-])c1. The number of nitro benzene ring substituents is 2. The highest BCUT2D eigenvalue weighted by Gasteiger charge is 2.35. The van der Waals surface area contributed by atoms with Gasteiger partial charge in [-0.1, -0.05) is 0 Å². The van der Waals surface area contributed by atoms with Crippen molar-refractivity contribution in [2.75, 3.05) is 18.0 Å². The molecule has 1 aromatic heterocycles. The van der Waals surface area contributed by atoms with Crippen LogP contribution in [0.4, 0.5) is 30.2 Å². The molecule has 1 aliphatic heterocycles. The van der Waals surface area contributed by atoms with Gasteiger partial charge in [0.2, 0.25) is 0 Å². The van der Waals surface area contributed by atoms with E-state index in [-0.39, 0.29) is 12.2 Å². The number of nitrogens with zero attached hydrogens (tertiary/aromatic N) is 5. The zero-order valence-electron chi connectivity index (χ0n) is 13.8. The van der Waals surface area contributed by atoms with Crippen LogP contribution < -0.4 is 4.90 Å². The number of benzene rings is 1. The molecule has 0 amide bonds. The molecule has 1 fully saturated rings. The highest BCUT2D eigenvalue weighted by Crippen LogP contribution is 2.36. The molecular weight excluding hydrogens is 371 g/mol. The quantitative estimate of drug-likeness (QED) is 0.588. The molecule has 12 heteroatoms. The third-order valence-corrected chi connectivity index (χ3v) is 4.38. The Bertz CT molecular complexity index is 883. The summed E-state index contributed by atoms with van der Waals surface area (Å²) in [7, 11) is 0. The maximum atomic E-state index is 12.7. The van der Waals surface area contributed by atoms with Gasteiger partial charge < -0.3 is 4.90 Å². The summed E-state index contributed by atoms with van der Waals surface area (Å²) in [6, 6.07) is 3.83. The molecule has 0 radical (unpaired) electrons. The van der Waals surface area contributed by atoms with Gasteiger partial charge in [0.05, 0.1) is 22.0 Å². The number of halogens is 3. The number of non-ortho nitro benzene ring substituents is 1. The molecular formula is C15H14F3N5O4. The Labute approximate surface area is 150 Å².